The van der Waals surface area contributed by atoms with E-state index in [-0.39, 0.29) is 0 Å². The summed E-state index contributed by atoms with van der Waals surface area (Å²) in [6.07, 6.45) is 4.52. The second kappa shape index (κ2) is 11.9. The second-order valence-corrected chi connectivity index (χ2v) is 7.29. The molecule has 2 rings (SSSR count). The molecule has 0 bridgehead atoms. The molecule has 0 radical (unpaired) electrons. The van der Waals surface area contributed by atoms with Crippen LogP contribution >= 0.6 is 0 Å². The Morgan fingerprint density at radius 1 is 1.19 bits per heavy atom. The van der Waals surface area contributed by atoms with Crippen LogP contribution in [0.1, 0.15) is 45.1 Å². The summed E-state index contributed by atoms with van der Waals surface area (Å²) < 4.78 is 5.73. The lowest BCUT2D eigenvalue weighted by atomic mass is 10.0. The van der Waals surface area contributed by atoms with Gasteiger partial charge in [0.2, 0.25) is 0 Å². The van der Waals surface area contributed by atoms with E-state index in [2.05, 4.69) is 46.5 Å². The molecule has 146 valence electrons. The number of hydrogen-bond acceptors (Lipinski definition) is 3. The van der Waals surface area contributed by atoms with Gasteiger partial charge in [0.25, 0.3) is 0 Å². The number of aliphatic imine (C=N–C) groups is 1. The molecule has 0 amide bonds. The molecule has 0 saturated carbocycles. The predicted molar refractivity (Wildman–Crippen MR) is 110 cm³/mol. The highest BCUT2D eigenvalue weighted by atomic mass is 16.5. The van der Waals surface area contributed by atoms with Crippen molar-refractivity contribution in [2.45, 2.75) is 58.2 Å². The van der Waals surface area contributed by atoms with Crippen LogP contribution in [0, 0.1) is 0 Å². The fraction of sp³-hybridized carbons (Fsp3) is 0.667. The maximum atomic E-state index is 5.73. The molecule has 26 heavy (non-hydrogen) atoms. The molecule has 1 aliphatic rings. The van der Waals surface area contributed by atoms with E-state index in [1.165, 1.54) is 31.5 Å². The van der Waals surface area contributed by atoms with Crippen molar-refractivity contribution in [3.8, 4) is 0 Å². The molecule has 1 saturated heterocycles. The Morgan fingerprint density at radius 3 is 2.58 bits per heavy atom. The van der Waals surface area contributed by atoms with E-state index >= 15 is 0 Å². The van der Waals surface area contributed by atoms with Crippen molar-refractivity contribution in [3.05, 3.63) is 35.9 Å². The summed E-state index contributed by atoms with van der Waals surface area (Å²) in [7, 11) is 1.85. The highest BCUT2D eigenvalue weighted by Crippen LogP contribution is 2.12. The molecule has 0 spiro atoms. The van der Waals surface area contributed by atoms with Gasteiger partial charge in [-0.3, -0.25) is 4.99 Å². The molecule has 1 fully saturated rings. The smallest absolute Gasteiger partial charge is 0.191 e. The van der Waals surface area contributed by atoms with Crippen LogP contribution in [0.2, 0.25) is 0 Å². The summed E-state index contributed by atoms with van der Waals surface area (Å²) >= 11 is 0. The molecule has 0 aromatic heterocycles. The minimum absolute atomic E-state index is 0.533. The molecule has 1 heterocycles. The minimum Gasteiger partial charge on any atom is -0.377 e. The Kier molecular flexibility index (Phi) is 9.50. The zero-order valence-electron chi connectivity index (χ0n) is 16.7. The van der Waals surface area contributed by atoms with Crippen molar-refractivity contribution in [2.24, 2.45) is 4.99 Å². The van der Waals surface area contributed by atoms with E-state index in [1.807, 2.05) is 25.2 Å². The molecule has 5 heteroatoms. The molecular weight excluding hydrogens is 324 g/mol. The number of benzene rings is 1. The van der Waals surface area contributed by atoms with Crippen molar-refractivity contribution in [1.82, 2.24) is 15.5 Å². The highest BCUT2D eigenvalue weighted by Gasteiger charge is 2.21. The van der Waals surface area contributed by atoms with E-state index in [0.29, 0.717) is 18.7 Å². The molecule has 2 N–H and O–H groups in total. The van der Waals surface area contributed by atoms with Gasteiger partial charge in [0, 0.05) is 45.4 Å². The van der Waals surface area contributed by atoms with E-state index in [0.717, 1.165) is 32.0 Å². The molecular formula is C21H36N4O. The zero-order valence-corrected chi connectivity index (χ0v) is 16.7. The molecule has 0 atom stereocenters. The highest BCUT2D eigenvalue weighted by molar-refractivity contribution is 5.79. The van der Waals surface area contributed by atoms with Crippen LogP contribution in [-0.2, 0) is 11.3 Å². The standard InChI is InChI=1S/C21H36N4O/c1-18(2)25-14-11-20(12-15-25)24-21(22-3)23-13-7-8-16-26-17-19-9-5-4-6-10-19/h4-6,9-10,18,20H,7-8,11-17H2,1-3H3,(H2,22,23,24). The lowest BCUT2D eigenvalue weighted by molar-refractivity contribution is 0.117. The zero-order chi connectivity index (χ0) is 18.6. The number of nitrogens with one attached hydrogen (secondary N) is 2. The van der Waals surface area contributed by atoms with Crippen molar-refractivity contribution >= 4 is 5.96 Å². The third-order valence-electron chi connectivity index (χ3n) is 4.94. The van der Waals surface area contributed by atoms with Crippen LogP contribution in [0.5, 0.6) is 0 Å². The van der Waals surface area contributed by atoms with Gasteiger partial charge in [0.1, 0.15) is 0 Å². The van der Waals surface area contributed by atoms with Crippen LogP contribution in [-0.4, -0.2) is 56.2 Å². The van der Waals surface area contributed by atoms with Gasteiger partial charge < -0.3 is 20.3 Å². The molecule has 1 aliphatic heterocycles. The molecule has 5 nitrogen and oxygen atoms in total. The van der Waals surface area contributed by atoms with Gasteiger partial charge in [0.05, 0.1) is 6.61 Å². The fourth-order valence-electron chi connectivity index (χ4n) is 3.25. The predicted octanol–water partition coefficient (Wildman–Crippen LogP) is 3.02. The first-order chi connectivity index (χ1) is 12.7. The molecule has 1 aromatic carbocycles. The average Bonchev–Trinajstić information content (AvgIpc) is 2.67. The van der Waals surface area contributed by atoms with Crippen molar-refractivity contribution in [2.75, 3.05) is 33.3 Å². The quantitative estimate of drug-likeness (QED) is 0.404. The van der Waals surface area contributed by atoms with Crippen molar-refractivity contribution in [3.63, 3.8) is 0 Å². The van der Waals surface area contributed by atoms with E-state index in [9.17, 15) is 0 Å². The first-order valence-electron chi connectivity index (χ1n) is 10.0. The number of rotatable bonds is 9. The fourth-order valence-corrected chi connectivity index (χ4v) is 3.25. The Morgan fingerprint density at radius 2 is 1.92 bits per heavy atom. The van der Waals surface area contributed by atoms with E-state index in [4.69, 9.17) is 4.74 Å². The number of guanidine groups is 1. The normalized spacial score (nSPS) is 16.8. The van der Waals surface area contributed by atoms with Crippen molar-refractivity contribution < 1.29 is 4.74 Å². The minimum atomic E-state index is 0.533. The third kappa shape index (κ3) is 7.75. The monoisotopic (exact) mass is 360 g/mol. The Hall–Kier alpha value is -1.59. The van der Waals surface area contributed by atoms with Crippen LogP contribution in [0.15, 0.2) is 35.3 Å². The summed E-state index contributed by atoms with van der Waals surface area (Å²) in [5.41, 5.74) is 1.23. The first-order valence-corrected chi connectivity index (χ1v) is 10.0. The lowest BCUT2D eigenvalue weighted by Gasteiger charge is -2.35. The number of ether oxygens (including phenoxy) is 1. The average molecular weight is 361 g/mol. The van der Waals surface area contributed by atoms with E-state index in [1.54, 1.807) is 0 Å². The second-order valence-electron chi connectivity index (χ2n) is 7.29. The largest absolute Gasteiger partial charge is 0.377 e. The number of nitrogens with zero attached hydrogens (tertiary/aromatic N) is 2. The number of likely N-dealkylation sites (tertiary alicyclic amines) is 1. The van der Waals surface area contributed by atoms with Gasteiger partial charge in [-0.05, 0) is 45.1 Å². The lowest BCUT2D eigenvalue weighted by Crippen LogP contribution is -2.49. The van der Waals surface area contributed by atoms with Gasteiger partial charge >= 0.3 is 0 Å². The van der Waals surface area contributed by atoms with Gasteiger partial charge in [0.15, 0.2) is 5.96 Å². The summed E-state index contributed by atoms with van der Waals surface area (Å²) in [5, 5.41) is 7.00. The SMILES string of the molecule is CN=C(NCCCCOCc1ccccc1)NC1CCN(C(C)C)CC1. The summed E-state index contributed by atoms with van der Waals surface area (Å²) in [6, 6.07) is 11.5. The third-order valence-corrected chi connectivity index (χ3v) is 4.94. The van der Waals surface area contributed by atoms with E-state index < -0.39 is 0 Å². The van der Waals surface area contributed by atoms with Gasteiger partial charge in [-0.2, -0.15) is 0 Å². The molecule has 1 aromatic rings. The van der Waals surface area contributed by atoms with Crippen molar-refractivity contribution in [1.29, 1.82) is 0 Å². The van der Waals surface area contributed by atoms with Gasteiger partial charge in [-0.15, -0.1) is 0 Å². The Bertz CT molecular complexity index is 510. The number of unbranched alkanes of at least 4 members (excludes halogenated alkanes) is 1. The van der Waals surface area contributed by atoms with Gasteiger partial charge in [-0.25, -0.2) is 0 Å². The first kappa shape index (κ1) is 20.7. The van der Waals surface area contributed by atoms with Gasteiger partial charge in [-0.1, -0.05) is 30.3 Å². The van der Waals surface area contributed by atoms with Crippen LogP contribution in [0.25, 0.3) is 0 Å². The molecule has 0 aliphatic carbocycles. The van der Waals surface area contributed by atoms with Crippen LogP contribution in [0.4, 0.5) is 0 Å². The van der Waals surface area contributed by atoms with Crippen LogP contribution in [0.3, 0.4) is 0 Å². The van der Waals surface area contributed by atoms with Crippen LogP contribution < -0.4 is 10.6 Å². The summed E-state index contributed by atoms with van der Waals surface area (Å²) in [5.74, 6) is 0.929. The Balaban J connectivity index is 1.51. The summed E-state index contributed by atoms with van der Waals surface area (Å²) in [4.78, 5) is 6.90. The number of hydrogen-bond donors (Lipinski definition) is 2. The Labute approximate surface area is 159 Å². The number of piperidine rings is 1. The maximum absolute atomic E-state index is 5.73. The summed E-state index contributed by atoms with van der Waals surface area (Å²) in [6.45, 7) is 9.33. The topological polar surface area (TPSA) is 48.9 Å². The maximum Gasteiger partial charge on any atom is 0.191 e. The molecule has 0 unspecified atom stereocenters.